The molecule has 0 unspecified atom stereocenters. The Morgan fingerprint density at radius 2 is 2.08 bits per heavy atom. The number of aryl methyl sites for hydroxylation is 2. The molecule has 0 radical (unpaired) electrons. The van der Waals surface area contributed by atoms with Gasteiger partial charge in [-0.1, -0.05) is 12.1 Å². The van der Waals surface area contributed by atoms with Crippen LogP contribution in [0.4, 0.5) is 0 Å². The maximum Gasteiger partial charge on any atom is 0.271 e. The third-order valence-electron chi connectivity index (χ3n) is 3.94. The topological polar surface area (TPSA) is 83.1 Å². The molecule has 0 aliphatic rings. The normalized spacial score (nSPS) is 10.9. The van der Waals surface area contributed by atoms with Gasteiger partial charge in [0.2, 0.25) is 0 Å². The van der Waals surface area contributed by atoms with E-state index < -0.39 is 0 Å². The first kappa shape index (κ1) is 16.4. The molecule has 0 saturated carbocycles. The minimum absolute atomic E-state index is 0.296. The molecule has 6 nitrogen and oxygen atoms in total. The zero-order valence-electron chi connectivity index (χ0n) is 14.0. The quantitative estimate of drug-likeness (QED) is 0.589. The second-order valence-electron chi connectivity index (χ2n) is 5.54. The second-order valence-corrected chi connectivity index (χ2v) is 5.54. The third-order valence-corrected chi connectivity index (χ3v) is 3.94. The summed E-state index contributed by atoms with van der Waals surface area (Å²) >= 11 is 0. The van der Waals surface area contributed by atoms with E-state index in [1.807, 2.05) is 13.0 Å². The molecule has 0 aliphatic heterocycles. The number of imidazole rings is 1. The summed E-state index contributed by atoms with van der Waals surface area (Å²) in [7, 11) is 0. The highest BCUT2D eigenvalue weighted by Gasteiger charge is 2.10. The summed E-state index contributed by atoms with van der Waals surface area (Å²) in [4.78, 5) is 16.7. The van der Waals surface area contributed by atoms with Gasteiger partial charge >= 0.3 is 0 Å². The Balaban J connectivity index is 1.73. The van der Waals surface area contributed by atoms with E-state index in [0.29, 0.717) is 11.1 Å². The molecule has 3 rings (SSSR count). The van der Waals surface area contributed by atoms with Crippen molar-refractivity contribution < 1.29 is 4.79 Å². The summed E-state index contributed by atoms with van der Waals surface area (Å²) in [6.45, 7) is 4.85. The van der Waals surface area contributed by atoms with Crippen molar-refractivity contribution in [2.75, 3.05) is 0 Å². The lowest BCUT2D eigenvalue weighted by atomic mass is 10.2. The number of aromatic nitrogens is 2. The van der Waals surface area contributed by atoms with E-state index in [-0.39, 0.29) is 5.91 Å². The molecule has 0 bridgehead atoms. The van der Waals surface area contributed by atoms with Crippen LogP contribution in [0, 0.1) is 18.3 Å². The Morgan fingerprint density at radius 1 is 1.32 bits per heavy atom. The molecule has 0 atom stereocenters. The van der Waals surface area contributed by atoms with E-state index in [1.54, 1.807) is 36.4 Å². The summed E-state index contributed by atoms with van der Waals surface area (Å²) in [5.74, 6) is 0.629. The van der Waals surface area contributed by atoms with E-state index in [0.717, 1.165) is 29.0 Å². The lowest BCUT2D eigenvalue weighted by Crippen LogP contribution is -2.17. The molecule has 25 heavy (non-hydrogen) atoms. The van der Waals surface area contributed by atoms with Gasteiger partial charge in [0.05, 0.1) is 28.9 Å². The highest BCUT2D eigenvalue weighted by Crippen LogP contribution is 2.17. The van der Waals surface area contributed by atoms with Crippen molar-refractivity contribution in [1.29, 1.82) is 5.26 Å². The lowest BCUT2D eigenvalue weighted by Gasteiger charge is -2.03. The maximum absolute atomic E-state index is 12.2. The van der Waals surface area contributed by atoms with Gasteiger partial charge in [-0.15, -0.1) is 0 Å². The fourth-order valence-corrected chi connectivity index (χ4v) is 2.66. The second kappa shape index (κ2) is 6.97. The number of nitriles is 1. The van der Waals surface area contributed by atoms with Gasteiger partial charge < -0.3 is 4.57 Å². The molecule has 0 saturated heterocycles. The minimum atomic E-state index is -0.296. The third kappa shape index (κ3) is 3.40. The molecule has 1 aromatic heterocycles. The number of hydrogen-bond acceptors (Lipinski definition) is 4. The van der Waals surface area contributed by atoms with Crippen molar-refractivity contribution in [2.45, 2.75) is 20.4 Å². The van der Waals surface area contributed by atoms with Crippen molar-refractivity contribution in [1.82, 2.24) is 15.0 Å². The zero-order valence-corrected chi connectivity index (χ0v) is 14.0. The van der Waals surface area contributed by atoms with Gasteiger partial charge in [0, 0.05) is 12.1 Å². The fraction of sp³-hybridized carbons (Fsp3) is 0.158. The first-order valence-corrected chi connectivity index (χ1v) is 7.93. The summed E-state index contributed by atoms with van der Waals surface area (Å²) in [5, 5.41) is 12.7. The number of amides is 1. The molecule has 1 amide bonds. The smallest absolute Gasteiger partial charge is 0.271 e. The molecular formula is C19H17N5O. The Bertz CT molecular complexity index is 993. The van der Waals surface area contributed by atoms with Crippen LogP contribution in [0.5, 0.6) is 0 Å². The number of nitrogens with zero attached hydrogens (tertiary/aromatic N) is 4. The predicted octanol–water partition coefficient (Wildman–Crippen LogP) is 3.00. The Labute approximate surface area is 145 Å². The number of rotatable bonds is 4. The number of nitrogens with one attached hydrogen (secondary N) is 1. The molecule has 1 heterocycles. The van der Waals surface area contributed by atoms with Crippen LogP contribution in [0.15, 0.2) is 47.6 Å². The van der Waals surface area contributed by atoms with Crippen molar-refractivity contribution in [3.63, 3.8) is 0 Å². The highest BCUT2D eigenvalue weighted by atomic mass is 16.2. The van der Waals surface area contributed by atoms with Crippen molar-refractivity contribution >= 4 is 23.2 Å². The molecular weight excluding hydrogens is 314 g/mol. The van der Waals surface area contributed by atoms with Crippen molar-refractivity contribution in [2.24, 2.45) is 5.10 Å². The Kier molecular flexibility index (Phi) is 4.57. The average molecular weight is 331 g/mol. The monoisotopic (exact) mass is 331 g/mol. The number of hydrazone groups is 1. The molecule has 6 heteroatoms. The molecule has 0 aliphatic carbocycles. The molecule has 2 aromatic carbocycles. The van der Waals surface area contributed by atoms with Gasteiger partial charge in [-0.05, 0) is 49.7 Å². The standard InChI is InChI=1S/C19H17N5O/c1-3-24-13(2)22-17-10-16(8-9-18(17)24)19(25)23-21-12-15-6-4-14(11-20)5-7-15/h4-10,12H,3H2,1-2H3,(H,23,25)/b21-12+. The van der Waals surface area contributed by atoms with Gasteiger partial charge in [0.25, 0.3) is 5.91 Å². The Morgan fingerprint density at radius 3 is 2.76 bits per heavy atom. The van der Waals surface area contributed by atoms with Crippen molar-refractivity contribution in [3.8, 4) is 6.07 Å². The molecule has 124 valence electrons. The van der Waals surface area contributed by atoms with Crippen LogP contribution in [0.3, 0.4) is 0 Å². The first-order valence-electron chi connectivity index (χ1n) is 7.93. The predicted molar refractivity (Wildman–Crippen MR) is 96.4 cm³/mol. The van der Waals surface area contributed by atoms with Gasteiger partial charge in [0.1, 0.15) is 5.82 Å². The van der Waals surface area contributed by atoms with E-state index in [9.17, 15) is 4.79 Å². The fourth-order valence-electron chi connectivity index (χ4n) is 2.66. The molecule has 3 aromatic rings. The van der Waals surface area contributed by atoms with E-state index in [1.165, 1.54) is 6.21 Å². The maximum atomic E-state index is 12.2. The summed E-state index contributed by atoms with van der Waals surface area (Å²) in [5.41, 5.74) is 6.20. The van der Waals surface area contributed by atoms with Crippen LogP contribution in [0.25, 0.3) is 11.0 Å². The summed E-state index contributed by atoms with van der Waals surface area (Å²) in [6.07, 6.45) is 1.54. The van der Waals surface area contributed by atoms with Gasteiger partial charge in [-0.3, -0.25) is 4.79 Å². The van der Waals surface area contributed by atoms with E-state index in [4.69, 9.17) is 5.26 Å². The van der Waals surface area contributed by atoms with E-state index >= 15 is 0 Å². The number of fused-ring (bicyclic) bond motifs is 1. The van der Waals surface area contributed by atoms with Crippen LogP contribution >= 0.6 is 0 Å². The number of carbonyl (C=O) groups is 1. The van der Waals surface area contributed by atoms with Crippen LogP contribution in [0.1, 0.15) is 34.2 Å². The van der Waals surface area contributed by atoms with Crippen LogP contribution in [-0.2, 0) is 6.54 Å². The summed E-state index contributed by atoms with van der Waals surface area (Å²) in [6, 6.07) is 14.4. The van der Waals surface area contributed by atoms with Crippen molar-refractivity contribution in [3.05, 3.63) is 65.0 Å². The van der Waals surface area contributed by atoms with E-state index in [2.05, 4.69) is 33.1 Å². The van der Waals surface area contributed by atoms with Crippen LogP contribution in [-0.4, -0.2) is 21.7 Å². The minimum Gasteiger partial charge on any atom is -0.329 e. The summed E-state index contributed by atoms with van der Waals surface area (Å²) < 4.78 is 2.10. The first-order chi connectivity index (χ1) is 12.1. The van der Waals surface area contributed by atoms with Gasteiger partial charge in [-0.2, -0.15) is 10.4 Å². The zero-order chi connectivity index (χ0) is 17.8. The average Bonchev–Trinajstić information content (AvgIpc) is 2.96. The van der Waals surface area contributed by atoms with Gasteiger partial charge in [-0.25, -0.2) is 10.4 Å². The largest absolute Gasteiger partial charge is 0.329 e. The number of hydrogen-bond donors (Lipinski definition) is 1. The van der Waals surface area contributed by atoms with Gasteiger partial charge in [0.15, 0.2) is 0 Å². The van der Waals surface area contributed by atoms with Crippen LogP contribution in [0.2, 0.25) is 0 Å². The highest BCUT2D eigenvalue weighted by molar-refractivity contribution is 5.97. The molecule has 0 spiro atoms. The van der Waals surface area contributed by atoms with Crippen LogP contribution < -0.4 is 5.43 Å². The number of benzene rings is 2. The number of carbonyl (C=O) groups excluding carboxylic acids is 1. The molecule has 1 N–H and O–H groups in total. The SMILES string of the molecule is CCn1c(C)nc2cc(C(=O)N/N=C/c3ccc(C#N)cc3)ccc21. The lowest BCUT2D eigenvalue weighted by molar-refractivity contribution is 0.0955. The molecule has 0 fully saturated rings. The Hall–Kier alpha value is -3.46.